The van der Waals surface area contributed by atoms with Crippen LogP contribution >= 0.6 is 11.6 Å². The molecule has 15 heteroatoms. The van der Waals surface area contributed by atoms with E-state index in [1.165, 1.54) is 37.0 Å². The maximum atomic E-state index is 15.2. The Labute approximate surface area is 236 Å². The number of hydrogen-bond donors (Lipinski definition) is 2. The fourth-order valence-corrected chi connectivity index (χ4v) is 5.45. The van der Waals surface area contributed by atoms with Crippen molar-refractivity contribution < 1.29 is 26.3 Å². The lowest BCUT2D eigenvalue weighted by molar-refractivity contribution is 0.412. The molecule has 2 aromatic heterocycles. The maximum Gasteiger partial charge on any atom is 0.269 e. The van der Waals surface area contributed by atoms with E-state index in [1.54, 1.807) is 0 Å². The van der Waals surface area contributed by atoms with Gasteiger partial charge in [0.25, 0.3) is 5.56 Å². The molecule has 5 rings (SSSR count). The van der Waals surface area contributed by atoms with E-state index in [4.69, 9.17) is 22.1 Å². The number of rotatable bonds is 7. The second kappa shape index (κ2) is 10.4. The fourth-order valence-electron chi connectivity index (χ4n) is 4.72. The van der Waals surface area contributed by atoms with E-state index in [1.807, 2.05) is 0 Å². The van der Waals surface area contributed by atoms with E-state index in [-0.39, 0.29) is 61.9 Å². The van der Waals surface area contributed by atoms with Gasteiger partial charge < -0.3 is 10.5 Å². The predicted octanol–water partition coefficient (Wildman–Crippen LogP) is 3.97. The number of anilines is 1. The van der Waals surface area contributed by atoms with E-state index < -0.39 is 39.1 Å². The van der Waals surface area contributed by atoms with Crippen molar-refractivity contribution in [1.82, 2.24) is 19.3 Å². The Morgan fingerprint density at radius 3 is 2.41 bits per heavy atom. The van der Waals surface area contributed by atoms with Crippen molar-refractivity contribution in [3.05, 3.63) is 86.7 Å². The Kier molecular flexibility index (Phi) is 7.17. The first-order valence-electron chi connectivity index (χ1n) is 11.9. The first-order chi connectivity index (χ1) is 19.3. The molecular formula is C26H22ClF3N6O4S. The summed E-state index contributed by atoms with van der Waals surface area (Å²) >= 11 is 6.44. The third kappa shape index (κ3) is 5.33. The Hall–Kier alpha value is -4.14. The van der Waals surface area contributed by atoms with Gasteiger partial charge >= 0.3 is 0 Å². The molecule has 0 aliphatic heterocycles. The van der Waals surface area contributed by atoms with Crippen LogP contribution in [0.3, 0.4) is 0 Å². The summed E-state index contributed by atoms with van der Waals surface area (Å²) < 4.78 is 76.8. The van der Waals surface area contributed by atoms with E-state index in [2.05, 4.69) is 14.8 Å². The topological polar surface area (TPSA) is 134 Å². The Morgan fingerprint density at radius 1 is 1.10 bits per heavy atom. The molecule has 0 saturated carbocycles. The van der Waals surface area contributed by atoms with Gasteiger partial charge in [0, 0.05) is 25.2 Å². The van der Waals surface area contributed by atoms with Crippen LogP contribution in [0.1, 0.15) is 17.4 Å². The van der Waals surface area contributed by atoms with Crippen molar-refractivity contribution in [2.45, 2.75) is 12.5 Å². The summed E-state index contributed by atoms with van der Waals surface area (Å²) in [6.07, 6.45) is 0.786. The Balaban J connectivity index is 1.84. The molecule has 214 valence electrons. The molecule has 3 N–H and O–H groups in total. The van der Waals surface area contributed by atoms with Gasteiger partial charge in [-0.15, -0.1) is 0 Å². The number of fused-ring (bicyclic) bond motifs is 2. The monoisotopic (exact) mass is 606 g/mol. The van der Waals surface area contributed by atoms with E-state index in [0.29, 0.717) is 6.07 Å². The molecule has 0 bridgehead atoms. The zero-order chi connectivity index (χ0) is 29.8. The van der Waals surface area contributed by atoms with Gasteiger partial charge in [-0.2, -0.15) is 5.10 Å². The summed E-state index contributed by atoms with van der Waals surface area (Å²) in [5, 5.41) is 4.11. The molecule has 41 heavy (non-hydrogen) atoms. The van der Waals surface area contributed by atoms with E-state index >= 15 is 4.39 Å². The van der Waals surface area contributed by atoms with Gasteiger partial charge in [0.05, 0.1) is 46.5 Å². The number of ether oxygens (including phenoxy) is 1. The van der Waals surface area contributed by atoms with Crippen LogP contribution in [0.2, 0.25) is 5.02 Å². The maximum absolute atomic E-state index is 15.2. The number of nitrogens with zero attached hydrogens (tertiary/aromatic N) is 4. The van der Waals surface area contributed by atoms with Crippen LogP contribution in [0.5, 0.6) is 5.75 Å². The number of nitrogens with two attached hydrogens (primary N) is 1. The molecule has 0 saturated heterocycles. The van der Waals surface area contributed by atoms with E-state index in [9.17, 15) is 22.0 Å². The molecule has 0 aliphatic rings. The van der Waals surface area contributed by atoms with Gasteiger partial charge in [0.2, 0.25) is 10.0 Å². The van der Waals surface area contributed by atoms with Crippen LogP contribution < -0.4 is 20.8 Å². The van der Waals surface area contributed by atoms with Crippen LogP contribution in [0.25, 0.3) is 27.5 Å². The molecule has 5 aromatic rings. The van der Waals surface area contributed by atoms with Crippen molar-refractivity contribution in [2.24, 2.45) is 12.8 Å². The zero-order valence-corrected chi connectivity index (χ0v) is 23.3. The molecular weight excluding hydrogens is 585 g/mol. The molecule has 2 heterocycles. The van der Waals surface area contributed by atoms with Crippen LogP contribution in [-0.4, -0.2) is 41.1 Å². The summed E-state index contributed by atoms with van der Waals surface area (Å²) in [4.78, 5) is 18.5. The molecule has 0 aliphatic carbocycles. The molecule has 0 amide bonds. The van der Waals surface area contributed by atoms with Crippen LogP contribution in [0, 0.1) is 17.5 Å². The highest BCUT2D eigenvalue weighted by Gasteiger charge is 2.26. The quantitative estimate of drug-likeness (QED) is 0.286. The number of hydrogen-bond acceptors (Lipinski definition) is 7. The van der Waals surface area contributed by atoms with E-state index in [0.717, 1.165) is 29.0 Å². The lowest BCUT2D eigenvalue weighted by Crippen LogP contribution is -2.30. The average Bonchev–Trinajstić information content (AvgIpc) is 3.18. The molecule has 0 spiro atoms. The first kappa shape index (κ1) is 28.4. The number of aryl methyl sites for hydroxylation is 1. The summed E-state index contributed by atoms with van der Waals surface area (Å²) in [6, 6.07) is 7.02. The zero-order valence-electron chi connectivity index (χ0n) is 21.7. The molecule has 3 aromatic carbocycles. The van der Waals surface area contributed by atoms with Crippen molar-refractivity contribution in [3.63, 3.8) is 0 Å². The Bertz CT molecular complexity index is 2010. The number of methoxy groups -OCH3 is 1. The fraction of sp³-hybridized carbons (Fsp3) is 0.192. The minimum Gasteiger partial charge on any atom is -0.497 e. The molecule has 0 radical (unpaired) electrons. The second-order valence-electron chi connectivity index (χ2n) is 9.34. The molecule has 0 unspecified atom stereocenters. The Morgan fingerprint density at radius 2 is 1.78 bits per heavy atom. The largest absolute Gasteiger partial charge is 0.497 e. The summed E-state index contributed by atoms with van der Waals surface area (Å²) in [5.74, 6) is -2.62. The van der Waals surface area contributed by atoms with Gasteiger partial charge in [-0.05, 0) is 36.2 Å². The molecule has 1 atom stereocenters. The van der Waals surface area contributed by atoms with Gasteiger partial charge in [-0.25, -0.2) is 26.6 Å². The lowest BCUT2D eigenvalue weighted by atomic mass is 10.0. The summed E-state index contributed by atoms with van der Waals surface area (Å²) in [6.45, 7) is 0. The normalized spacial score (nSPS) is 12.7. The highest BCUT2D eigenvalue weighted by Crippen LogP contribution is 2.35. The van der Waals surface area contributed by atoms with Crippen LogP contribution in [-0.2, 0) is 23.5 Å². The van der Waals surface area contributed by atoms with Crippen molar-refractivity contribution in [3.8, 4) is 11.4 Å². The molecule has 0 fully saturated rings. The van der Waals surface area contributed by atoms with Gasteiger partial charge in [-0.3, -0.25) is 18.8 Å². The highest BCUT2D eigenvalue weighted by molar-refractivity contribution is 7.92. The SMILES string of the molecule is COc1cc(F)c2c(=O)n(-c3ccc(Cl)c4c(NS(C)(=O)=O)nn(C)c34)c([C@@H](N)Cc3cc(F)cc(F)c3)nc2c1. The smallest absolute Gasteiger partial charge is 0.269 e. The number of sulfonamides is 1. The van der Waals surface area contributed by atoms with Gasteiger partial charge in [0.15, 0.2) is 5.82 Å². The molecule has 10 nitrogen and oxygen atoms in total. The minimum atomic E-state index is -3.77. The van der Waals surface area contributed by atoms with Gasteiger partial charge in [-0.1, -0.05) is 11.6 Å². The second-order valence-corrected chi connectivity index (χ2v) is 11.5. The highest BCUT2D eigenvalue weighted by atomic mass is 35.5. The van der Waals surface area contributed by atoms with Crippen LogP contribution in [0.15, 0.2) is 47.3 Å². The first-order valence-corrected chi connectivity index (χ1v) is 14.2. The minimum absolute atomic E-state index is 0.0615. The standard InChI is InChI=1S/C26H22ClF3N6O4S/c1-35-23-20(5-4-16(27)21(23)24(33-35)34-41(3,38)39)36-25(18(31)8-12-6-13(28)9-14(29)7-12)32-19-11-15(40-2)10-17(30)22(19)26(36)37/h4-7,9-11,18H,8,31H2,1-3H3,(H,33,34)/t18-/m0/s1. The number of halogens is 4. The number of benzene rings is 3. The van der Waals surface area contributed by atoms with Crippen molar-refractivity contribution in [1.29, 1.82) is 0 Å². The van der Waals surface area contributed by atoms with Crippen LogP contribution in [0.4, 0.5) is 19.0 Å². The lowest BCUT2D eigenvalue weighted by Gasteiger charge is -2.20. The summed E-state index contributed by atoms with van der Waals surface area (Å²) in [5.41, 5.74) is 6.08. The summed E-state index contributed by atoms with van der Waals surface area (Å²) in [7, 11) is -0.953. The average molecular weight is 607 g/mol. The van der Waals surface area contributed by atoms with Crippen molar-refractivity contribution in [2.75, 3.05) is 18.1 Å². The van der Waals surface area contributed by atoms with Crippen molar-refractivity contribution >= 4 is 49.2 Å². The van der Waals surface area contributed by atoms with Gasteiger partial charge in [0.1, 0.15) is 34.4 Å². The number of nitrogens with one attached hydrogen (secondary N) is 1. The predicted molar refractivity (Wildman–Crippen MR) is 149 cm³/mol. The third-order valence-corrected chi connectivity index (χ3v) is 7.19. The number of aromatic nitrogens is 4. The third-order valence-electron chi connectivity index (χ3n) is 6.31.